The van der Waals surface area contributed by atoms with E-state index in [0.29, 0.717) is 16.9 Å². The van der Waals surface area contributed by atoms with Crippen LogP contribution in [0.4, 0.5) is 5.69 Å². The smallest absolute Gasteiger partial charge is 0.225 e. The zero-order valence-corrected chi connectivity index (χ0v) is 17.4. The van der Waals surface area contributed by atoms with Gasteiger partial charge in [-0.05, 0) is 41.9 Å². The molecular weight excluding hydrogens is 408 g/mol. The van der Waals surface area contributed by atoms with Crippen molar-refractivity contribution in [1.29, 1.82) is 0 Å². The lowest BCUT2D eigenvalue weighted by Crippen LogP contribution is -2.22. The zero-order valence-electron chi connectivity index (χ0n) is 16.6. The number of aromatic hydroxyl groups is 2. The van der Waals surface area contributed by atoms with E-state index < -0.39 is 17.4 Å². The highest BCUT2D eigenvalue weighted by Gasteiger charge is 2.35. The van der Waals surface area contributed by atoms with Crippen LogP contribution in [-0.4, -0.2) is 41.8 Å². The van der Waals surface area contributed by atoms with Gasteiger partial charge in [-0.1, -0.05) is 0 Å². The molecule has 8 nitrogen and oxygen atoms in total. The molecule has 9 heteroatoms. The van der Waals surface area contributed by atoms with Crippen molar-refractivity contribution >= 4 is 23.1 Å². The maximum Gasteiger partial charge on any atom is 0.225 e. The predicted molar refractivity (Wildman–Crippen MR) is 112 cm³/mol. The van der Waals surface area contributed by atoms with Gasteiger partial charge in [-0.2, -0.15) is 4.37 Å². The maximum atomic E-state index is 12.6. The van der Waals surface area contributed by atoms with E-state index in [1.54, 1.807) is 13.2 Å². The fourth-order valence-electron chi connectivity index (χ4n) is 3.59. The molecule has 1 aromatic heterocycles. The van der Waals surface area contributed by atoms with Crippen LogP contribution in [0.3, 0.4) is 0 Å². The van der Waals surface area contributed by atoms with E-state index in [1.165, 1.54) is 25.8 Å². The lowest BCUT2D eigenvalue weighted by atomic mass is 9.88. The molecule has 0 saturated heterocycles. The number of methoxy groups -OCH3 is 3. The van der Waals surface area contributed by atoms with Gasteiger partial charge < -0.3 is 29.7 Å². The van der Waals surface area contributed by atoms with Crippen LogP contribution < -0.4 is 19.5 Å². The fraction of sp³-hybridized carbons (Fsp3) is 0.238. The molecule has 0 fully saturated rings. The van der Waals surface area contributed by atoms with Crippen molar-refractivity contribution in [2.24, 2.45) is 0 Å². The Labute approximate surface area is 176 Å². The molecular formula is C21H20N2O6S. The Morgan fingerprint density at radius 2 is 1.80 bits per heavy atom. The van der Waals surface area contributed by atoms with E-state index in [1.807, 2.05) is 24.3 Å². The molecule has 0 unspecified atom stereocenters. The number of fused-ring (bicyclic) bond motifs is 1. The SMILES string of the molecule is COc1ccc(-c2nsc3c2NC(=O)C[C@@H]3c2cc(OC)c(O)c(O)c2OC)cc1. The summed E-state index contributed by atoms with van der Waals surface area (Å²) in [4.78, 5) is 13.4. The minimum atomic E-state index is -0.431. The first-order valence-electron chi connectivity index (χ1n) is 9.09. The van der Waals surface area contributed by atoms with Crippen molar-refractivity contribution < 1.29 is 29.2 Å². The third kappa shape index (κ3) is 3.17. The zero-order chi connectivity index (χ0) is 21.4. The van der Waals surface area contributed by atoms with Gasteiger partial charge >= 0.3 is 0 Å². The molecule has 156 valence electrons. The van der Waals surface area contributed by atoms with E-state index in [-0.39, 0.29) is 23.8 Å². The molecule has 0 spiro atoms. The minimum absolute atomic E-state index is 0.0933. The molecule has 0 bridgehead atoms. The second kappa shape index (κ2) is 7.75. The van der Waals surface area contributed by atoms with Crippen LogP contribution in [0.2, 0.25) is 0 Å². The summed E-state index contributed by atoms with van der Waals surface area (Å²) >= 11 is 1.27. The Hall–Kier alpha value is -3.46. The summed E-state index contributed by atoms with van der Waals surface area (Å²) in [5.41, 5.74) is 2.66. The number of carbonyl (C=O) groups excluding carboxylic acids is 1. The second-order valence-electron chi connectivity index (χ2n) is 6.70. The van der Waals surface area contributed by atoms with Crippen LogP contribution in [0.1, 0.15) is 22.8 Å². The van der Waals surface area contributed by atoms with Crippen LogP contribution in [0.15, 0.2) is 30.3 Å². The van der Waals surface area contributed by atoms with E-state index in [9.17, 15) is 15.0 Å². The summed E-state index contributed by atoms with van der Waals surface area (Å²) in [6.07, 6.45) is 0.140. The average molecular weight is 428 g/mol. The predicted octanol–water partition coefficient (Wildman–Crippen LogP) is 3.72. The number of phenols is 2. The van der Waals surface area contributed by atoms with Crippen LogP contribution in [0, 0.1) is 0 Å². The third-order valence-electron chi connectivity index (χ3n) is 5.07. The number of ether oxygens (including phenoxy) is 3. The van der Waals surface area contributed by atoms with Gasteiger partial charge in [-0.15, -0.1) is 0 Å². The summed E-state index contributed by atoms with van der Waals surface area (Å²) in [7, 11) is 4.38. The van der Waals surface area contributed by atoms with E-state index in [4.69, 9.17) is 14.2 Å². The third-order valence-corrected chi connectivity index (χ3v) is 6.03. The van der Waals surface area contributed by atoms with Crippen LogP contribution in [0.25, 0.3) is 11.3 Å². The van der Waals surface area contributed by atoms with Crippen molar-refractivity contribution in [3.8, 4) is 40.0 Å². The Bertz CT molecular complexity index is 1110. The van der Waals surface area contributed by atoms with Gasteiger partial charge in [0.2, 0.25) is 17.4 Å². The van der Waals surface area contributed by atoms with Crippen molar-refractivity contribution in [1.82, 2.24) is 4.37 Å². The summed E-state index contributed by atoms with van der Waals surface area (Å²) in [5.74, 6) is -0.541. The fourth-order valence-corrected chi connectivity index (χ4v) is 4.56. The summed E-state index contributed by atoms with van der Waals surface area (Å²) in [6, 6.07) is 8.98. The van der Waals surface area contributed by atoms with Gasteiger partial charge in [0.15, 0.2) is 11.5 Å². The molecule has 4 rings (SSSR count). The molecule has 3 aromatic rings. The lowest BCUT2D eigenvalue weighted by molar-refractivity contribution is -0.116. The van der Waals surface area contributed by atoms with Crippen molar-refractivity contribution in [2.75, 3.05) is 26.6 Å². The number of hydrogen-bond acceptors (Lipinski definition) is 8. The minimum Gasteiger partial charge on any atom is -0.502 e. The van der Waals surface area contributed by atoms with E-state index in [2.05, 4.69) is 9.69 Å². The molecule has 3 N–H and O–H groups in total. The second-order valence-corrected chi connectivity index (χ2v) is 7.51. The molecule has 0 radical (unpaired) electrons. The standard InChI is InChI=1S/C21H20N2O6S/c1-27-11-6-4-10(5-7-11)16-17-21(30-23-16)13(9-15(24)22-17)12-8-14(28-2)18(25)19(26)20(12)29-3/h4-8,13,25-26H,9H2,1-3H3,(H,22,24)/t13-/m1/s1. The quantitative estimate of drug-likeness (QED) is 0.531. The number of carbonyl (C=O) groups is 1. The molecule has 2 heterocycles. The monoisotopic (exact) mass is 428 g/mol. The van der Waals surface area contributed by atoms with Gasteiger partial charge in [0.25, 0.3) is 0 Å². The molecule has 30 heavy (non-hydrogen) atoms. The number of rotatable bonds is 5. The largest absolute Gasteiger partial charge is 0.502 e. The highest BCUT2D eigenvalue weighted by molar-refractivity contribution is 7.07. The number of nitrogens with zero attached hydrogens (tertiary/aromatic N) is 1. The average Bonchev–Trinajstić information content (AvgIpc) is 3.18. The summed E-state index contributed by atoms with van der Waals surface area (Å²) in [5, 5.41) is 23.4. The number of hydrogen-bond donors (Lipinski definition) is 3. The summed E-state index contributed by atoms with van der Waals surface area (Å²) < 4.78 is 20.3. The number of aromatic nitrogens is 1. The Morgan fingerprint density at radius 3 is 2.43 bits per heavy atom. The molecule has 1 atom stereocenters. The first kappa shape index (κ1) is 19.8. The van der Waals surface area contributed by atoms with Gasteiger partial charge in [0.05, 0.1) is 31.9 Å². The Balaban J connectivity index is 1.85. The van der Waals surface area contributed by atoms with Gasteiger partial charge in [0.1, 0.15) is 11.4 Å². The first-order chi connectivity index (χ1) is 14.5. The van der Waals surface area contributed by atoms with E-state index in [0.717, 1.165) is 16.2 Å². The van der Waals surface area contributed by atoms with Gasteiger partial charge in [-0.3, -0.25) is 4.79 Å². The number of benzene rings is 2. The van der Waals surface area contributed by atoms with Crippen molar-refractivity contribution in [3.05, 3.63) is 40.8 Å². The molecule has 0 aliphatic carbocycles. The maximum absolute atomic E-state index is 12.6. The molecule has 2 aromatic carbocycles. The van der Waals surface area contributed by atoms with Crippen molar-refractivity contribution in [3.63, 3.8) is 0 Å². The molecule has 1 amide bonds. The number of phenolic OH excluding ortho intramolecular Hbond substituents is 2. The highest BCUT2D eigenvalue weighted by Crippen LogP contribution is 2.52. The van der Waals surface area contributed by atoms with E-state index >= 15 is 0 Å². The van der Waals surface area contributed by atoms with Crippen molar-refractivity contribution in [2.45, 2.75) is 12.3 Å². The highest BCUT2D eigenvalue weighted by atomic mass is 32.1. The molecule has 1 aliphatic heterocycles. The molecule has 0 saturated carbocycles. The van der Waals surface area contributed by atoms with Crippen LogP contribution >= 0.6 is 11.5 Å². The van der Waals surface area contributed by atoms with Gasteiger partial charge in [0, 0.05) is 23.5 Å². The van der Waals surface area contributed by atoms with Crippen LogP contribution in [-0.2, 0) is 4.79 Å². The van der Waals surface area contributed by atoms with Crippen LogP contribution in [0.5, 0.6) is 28.7 Å². The molecule has 1 aliphatic rings. The number of anilines is 1. The first-order valence-corrected chi connectivity index (χ1v) is 9.86. The number of nitrogens with one attached hydrogen (secondary N) is 1. The number of amides is 1. The Morgan fingerprint density at radius 1 is 1.07 bits per heavy atom. The topological polar surface area (TPSA) is 110 Å². The Kier molecular flexibility index (Phi) is 5.13. The normalized spacial score (nSPS) is 15.3. The lowest BCUT2D eigenvalue weighted by Gasteiger charge is -2.25. The summed E-state index contributed by atoms with van der Waals surface area (Å²) in [6.45, 7) is 0. The van der Waals surface area contributed by atoms with Gasteiger partial charge in [-0.25, -0.2) is 0 Å².